The van der Waals surface area contributed by atoms with Crippen LogP contribution < -0.4 is 10.0 Å². The molecule has 1 amide bonds. The molecule has 0 aliphatic rings. The van der Waals surface area contributed by atoms with Crippen LogP contribution in [-0.2, 0) is 10.0 Å². The fourth-order valence-corrected chi connectivity index (χ4v) is 3.10. The first kappa shape index (κ1) is 16.3. The van der Waals surface area contributed by atoms with Gasteiger partial charge in [-0.2, -0.15) is 0 Å². The first-order valence-corrected chi connectivity index (χ1v) is 8.00. The lowest BCUT2D eigenvalue weighted by Crippen LogP contribution is -2.19. The minimum atomic E-state index is -4.11. The molecule has 2 aromatic rings. The smallest absolute Gasteiger partial charge is 0.264 e. The predicted octanol–water partition coefficient (Wildman–Crippen LogP) is 2.64. The van der Waals surface area contributed by atoms with Gasteiger partial charge < -0.3 is 5.32 Å². The van der Waals surface area contributed by atoms with Crippen LogP contribution in [0.5, 0.6) is 0 Å². The second-order valence-corrected chi connectivity index (χ2v) is 6.37. The van der Waals surface area contributed by atoms with Crippen molar-refractivity contribution in [3.63, 3.8) is 0 Å². The highest BCUT2D eigenvalue weighted by molar-refractivity contribution is 7.92. The van der Waals surface area contributed by atoms with Gasteiger partial charge in [0, 0.05) is 12.7 Å². The van der Waals surface area contributed by atoms with E-state index in [1.165, 1.54) is 37.4 Å². The normalized spacial score (nSPS) is 11.0. The topological polar surface area (TPSA) is 75.3 Å². The number of nitrogens with one attached hydrogen (secondary N) is 2. The second kappa shape index (κ2) is 6.33. The Morgan fingerprint density at radius 3 is 2.50 bits per heavy atom. The third-order valence-electron chi connectivity index (χ3n) is 2.82. The Morgan fingerprint density at radius 2 is 1.86 bits per heavy atom. The highest BCUT2D eigenvalue weighted by Crippen LogP contribution is 2.23. The first-order valence-electron chi connectivity index (χ1n) is 6.14. The molecular weight excluding hydrogens is 331 g/mol. The molecule has 22 heavy (non-hydrogen) atoms. The van der Waals surface area contributed by atoms with Gasteiger partial charge in [-0.1, -0.05) is 23.7 Å². The highest BCUT2D eigenvalue weighted by atomic mass is 35.5. The number of sulfonamides is 1. The van der Waals surface area contributed by atoms with Crippen molar-refractivity contribution in [2.75, 3.05) is 11.8 Å². The number of halogens is 2. The largest absolute Gasteiger partial charge is 0.355 e. The zero-order valence-corrected chi connectivity index (χ0v) is 13.0. The maximum atomic E-state index is 13.6. The second-order valence-electron chi connectivity index (χ2n) is 4.31. The van der Waals surface area contributed by atoms with Gasteiger partial charge in [-0.3, -0.25) is 9.52 Å². The van der Waals surface area contributed by atoms with Gasteiger partial charge in [0.25, 0.3) is 15.9 Å². The molecular formula is C14H12ClFN2O3S. The molecule has 2 N–H and O–H groups in total. The van der Waals surface area contributed by atoms with Crippen molar-refractivity contribution in [1.82, 2.24) is 5.32 Å². The van der Waals surface area contributed by atoms with Gasteiger partial charge in [0.15, 0.2) is 0 Å². The summed E-state index contributed by atoms with van der Waals surface area (Å²) in [5, 5.41) is 2.57. The summed E-state index contributed by atoms with van der Waals surface area (Å²) in [4.78, 5) is 11.2. The highest BCUT2D eigenvalue weighted by Gasteiger charge is 2.19. The monoisotopic (exact) mass is 342 g/mol. The van der Waals surface area contributed by atoms with Crippen LogP contribution in [0.25, 0.3) is 0 Å². The summed E-state index contributed by atoms with van der Waals surface area (Å²) in [7, 11) is -2.68. The van der Waals surface area contributed by atoms with Gasteiger partial charge in [-0.05, 0) is 30.3 Å². The van der Waals surface area contributed by atoms with Crippen molar-refractivity contribution < 1.29 is 17.6 Å². The minimum absolute atomic E-state index is 0.103. The summed E-state index contributed by atoms with van der Waals surface area (Å²) < 4.78 is 40.2. The van der Waals surface area contributed by atoms with Crippen LogP contribution in [0.4, 0.5) is 10.1 Å². The molecule has 0 unspecified atom stereocenters. The summed E-state index contributed by atoms with van der Waals surface area (Å²) in [5.74, 6) is -1.33. The van der Waals surface area contributed by atoms with Crippen LogP contribution in [0.3, 0.4) is 0 Å². The molecule has 116 valence electrons. The number of hydrogen-bond acceptors (Lipinski definition) is 3. The Hall–Kier alpha value is -2.12. The Morgan fingerprint density at radius 1 is 1.18 bits per heavy atom. The zero-order chi connectivity index (χ0) is 16.3. The summed E-state index contributed by atoms with van der Waals surface area (Å²) in [6.45, 7) is 0. The zero-order valence-electron chi connectivity index (χ0n) is 11.4. The third kappa shape index (κ3) is 3.37. The van der Waals surface area contributed by atoms with Crippen molar-refractivity contribution in [2.24, 2.45) is 0 Å². The molecule has 0 aromatic heterocycles. The van der Waals surface area contributed by atoms with E-state index in [4.69, 9.17) is 11.6 Å². The number of amides is 1. The molecule has 0 spiro atoms. The predicted molar refractivity (Wildman–Crippen MR) is 82.1 cm³/mol. The first-order chi connectivity index (χ1) is 10.3. The molecule has 0 aliphatic heterocycles. The van der Waals surface area contributed by atoms with E-state index in [1.54, 1.807) is 0 Å². The summed E-state index contributed by atoms with van der Waals surface area (Å²) in [6.07, 6.45) is 0. The Labute approximate surface area is 132 Å². The van der Waals surface area contributed by atoms with Crippen molar-refractivity contribution in [2.45, 2.75) is 4.90 Å². The van der Waals surface area contributed by atoms with E-state index in [2.05, 4.69) is 10.0 Å². The number of rotatable bonds is 4. The molecule has 0 aliphatic carbocycles. The van der Waals surface area contributed by atoms with E-state index >= 15 is 0 Å². The molecule has 0 bridgehead atoms. The number of carbonyl (C=O) groups is 1. The summed E-state index contributed by atoms with van der Waals surface area (Å²) in [6, 6.07) is 9.04. The van der Waals surface area contributed by atoms with E-state index in [-0.39, 0.29) is 16.3 Å². The maximum Gasteiger partial charge on any atom is 0.264 e. The van der Waals surface area contributed by atoms with Crippen LogP contribution in [0, 0.1) is 5.82 Å². The van der Waals surface area contributed by atoms with Crippen LogP contribution in [-0.4, -0.2) is 21.4 Å². The molecule has 0 heterocycles. The van der Waals surface area contributed by atoms with Gasteiger partial charge in [-0.15, -0.1) is 0 Å². The number of benzene rings is 2. The lowest BCUT2D eigenvalue weighted by Gasteiger charge is -2.10. The molecule has 0 saturated carbocycles. The van der Waals surface area contributed by atoms with Gasteiger partial charge in [0.2, 0.25) is 0 Å². The minimum Gasteiger partial charge on any atom is -0.355 e. The Balaban J connectivity index is 2.39. The molecule has 0 saturated heterocycles. The number of anilines is 1. The lowest BCUT2D eigenvalue weighted by atomic mass is 10.2. The van der Waals surface area contributed by atoms with E-state index < -0.39 is 26.6 Å². The van der Waals surface area contributed by atoms with Crippen molar-refractivity contribution in [1.29, 1.82) is 0 Å². The molecule has 0 fully saturated rings. The summed E-state index contributed by atoms with van der Waals surface area (Å²) >= 11 is 5.89. The Bertz CT molecular complexity index is 825. The fraction of sp³-hybridized carbons (Fsp3) is 0.0714. The van der Waals surface area contributed by atoms with E-state index in [1.807, 2.05) is 0 Å². The molecule has 2 aromatic carbocycles. The molecule has 2 rings (SSSR count). The van der Waals surface area contributed by atoms with Crippen molar-refractivity contribution in [3.8, 4) is 0 Å². The average molecular weight is 343 g/mol. The van der Waals surface area contributed by atoms with Crippen LogP contribution in [0.2, 0.25) is 5.02 Å². The van der Waals surface area contributed by atoms with Crippen molar-refractivity contribution in [3.05, 3.63) is 58.9 Å². The molecule has 8 heteroatoms. The average Bonchev–Trinajstić information content (AvgIpc) is 2.48. The molecule has 0 radical (unpaired) electrons. The van der Waals surface area contributed by atoms with Crippen molar-refractivity contribution >= 4 is 33.2 Å². The lowest BCUT2D eigenvalue weighted by molar-refractivity contribution is 0.0963. The van der Waals surface area contributed by atoms with Gasteiger partial charge >= 0.3 is 0 Å². The number of hydrogen-bond donors (Lipinski definition) is 2. The number of carbonyl (C=O) groups excluding carboxylic acids is 1. The standard InChI is InChI=1S/C14H12ClFN2O3S/c1-17-14(19)10-8-9(6-7-11(10)15)18-22(20,21)13-5-3-2-4-12(13)16/h2-8,18H,1H3,(H,17,19). The van der Waals surface area contributed by atoms with Crippen LogP contribution in [0.15, 0.2) is 47.4 Å². The van der Waals surface area contributed by atoms with E-state index in [0.717, 1.165) is 12.1 Å². The van der Waals surface area contributed by atoms with E-state index in [0.29, 0.717) is 0 Å². The SMILES string of the molecule is CNC(=O)c1cc(NS(=O)(=O)c2ccccc2F)ccc1Cl. The maximum absolute atomic E-state index is 13.6. The third-order valence-corrected chi connectivity index (χ3v) is 4.56. The molecule has 5 nitrogen and oxygen atoms in total. The van der Waals surface area contributed by atoms with Crippen LogP contribution >= 0.6 is 11.6 Å². The van der Waals surface area contributed by atoms with E-state index in [9.17, 15) is 17.6 Å². The summed E-state index contributed by atoms with van der Waals surface area (Å²) in [5.41, 5.74) is 0.212. The van der Waals surface area contributed by atoms with Gasteiger partial charge in [0.1, 0.15) is 10.7 Å². The van der Waals surface area contributed by atoms with Crippen LogP contribution in [0.1, 0.15) is 10.4 Å². The van der Waals surface area contributed by atoms with Gasteiger partial charge in [0.05, 0.1) is 10.6 Å². The quantitative estimate of drug-likeness (QED) is 0.897. The Kier molecular flexibility index (Phi) is 4.68. The van der Waals surface area contributed by atoms with Gasteiger partial charge in [-0.25, -0.2) is 12.8 Å². The molecule has 0 atom stereocenters. The fourth-order valence-electron chi connectivity index (χ4n) is 1.77.